The molecule has 1 aromatic heterocycles. The lowest BCUT2D eigenvalue weighted by Gasteiger charge is -2.14. The van der Waals surface area contributed by atoms with E-state index in [-0.39, 0.29) is 13.2 Å². The summed E-state index contributed by atoms with van der Waals surface area (Å²) in [7, 11) is 0. The highest BCUT2D eigenvalue weighted by Gasteiger charge is 2.15. The second-order valence-electron chi connectivity index (χ2n) is 6.82. The molecule has 1 heterocycles. The van der Waals surface area contributed by atoms with Gasteiger partial charge in [0.15, 0.2) is 0 Å². The minimum Gasteiger partial charge on any atom is -0.394 e. The number of hydrogen-bond donors (Lipinski definition) is 4. The smallest absolute Gasteiger partial charge is 0.267 e. The fourth-order valence-corrected chi connectivity index (χ4v) is 3.31. The molecule has 148 valence electrons. The Hall–Kier alpha value is -2.74. The molecular formula is C21H25N3O4. The number of hydrogen-bond acceptors (Lipinski definition) is 5. The first-order chi connectivity index (χ1) is 13.6. The highest BCUT2D eigenvalue weighted by Crippen LogP contribution is 2.23. The van der Waals surface area contributed by atoms with Gasteiger partial charge in [-0.3, -0.25) is 10.0 Å². The lowest BCUT2D eigenvalue weighted by Crippen LogP contribution is -2.21. The van der Waals surface area contributed by atoms with Crippen molar-refractivity contribution in [1.29, 1.82) is 0 Å². The molecule has 0 bridgehead atoms. The normalized spacial score (nSPS) is 15.2. The van der Waals surface area contributed by atoms with Crippen molar-refractivity contribution in [3.8, 4) is 0 Å². The number of carbonyl (C=O) groups excluding carboxylic acids is 1. The van der Waals surface area contributed by atoms with Crippen LogP contribution in [0.1, 0.15) is 30.7 Å². The number of imidazole rings is 1. The van der Waals surface area contributed by atoms with E-state index in [1.807, 2.05) is 22.8 Å². The van der Waals surface area contributed by atoms with Crippen molar-refractivity contribution in [3.05, 3.63) is 59.5 Å². The lowest BCUT2D eigenvalue weighted by atomic mass is 10.0. The maximum absolute atomic E-state index is 11.2. The average molecular weight is 383 g/mol. The third-order valence-corrected chi connectivity index (χ3v) is 4.76. The average Bonchev–Trinajstić information content (AvgIpc) is 3.07. The molecule has 1 aliphatic carbocycles. The van der Waals surface area contributed by atoms with Crippen LogP contribution >= 0.6 is 0 Å². The van der Waals surface area contributed by atoms with E-state index < -0.39 is 12.0 Å². The maximum Gasteiger partial charge on any atom is 0.267 e. The Kier molecular flexibility index (Phi) is 6.76. The quantitative estimate of drug-likeness (QED) is 0.317. The fourth-order valence-electron chi connectivity index (χ4n) is 3.31. The number of aliphatic hydroxyl groups excluding tert-OH is 2. The third-order valence-electron chi connectivity index (χ3n) is 4.76. The fraction of sp³-hybridized carbons (Fsp3) is 0.333. The molecule has 1 atom stereocenters. The second-order valence-corrected chi connectivity index (χ2v) is 6.82. The van der Waals surface area contributed by atoms with Gasteiger partial charge in [0, 0.05) is 12.5 Å². The van der Waals surface area contributed by atoms with Crippen LogP contribution < -0.4 is 5.48 Å². The number of carbonyl (C=O) groups is 1. The molecule has 1 amide bonds. The number of fused-ring (bicyclic) bond motifs is 1. The molecule has 1 unspecified atom stereocenters. The highest BCUT2D eigenvalue weighted by molar-refractivity contribution is 5.91. The van der Waals surface area contributed by atoms with Crippen molar-refractivity contribution in [2.24, 2.45) is 0 Å². The SMILES string of the molecule is O=C(/C=C/c1ccc2c(c1)nc(CCC1=CC=CCC1)n2CC(O)CO)NO. The molecule has 7 nitrogen and oxygen atoms in total. The molecule has 2 aromatic rings. The lowest BCUT2D eigenvalue weighted by molar-refractivity contribution is -0.124. The van der Waals surface area contributed by atoms with Crippen LogP contribution in [-0.2, 0) is 17.8 Å². The van der Waals surface area contributed by atoms with Gasteiger partial charge in [0.2, 0.25) is 0 Å². The molecule has 1 aliphatic rings. The van der Waals surface area contributed by atoms with Crippen molar-refractivity contribution in [1.82, 2.24) is 15.0 Å². The first-order valence-corrected chi connectivity index (χ1v) is 9.35. The van der Waals surface area contributed by atoms with Gasteiger partial charge in [-0.15, -0.1) is 0 Å². The van der Waals surface area contributed by atoms with Crippen LogP contribution in [0.15, 0.2) is 48.1 Å². The van der Waals surface area contributed by atoms with Crippen LogP contribution in [0, 0.1) is 0 Å². The maximum atomic E-state index is 11.2. The molecule has 0 saturated carbocycles. The van der Waals surface area contributed by atoms with Crippen molar-refractivity contribution in [3.63, 3.8) is 0 Å². The van der Waals surface area contributed by atoms with Gasteiger partial charge < -0.3 is 14.8 Å². The predicted octanol–water partition coefficient (Wildman–Crippen LogP) is 2.12. The number of aliphatic hydroxyl groups is 2. The predicted molar refractivity (Wildman–Crippen MR) is 107 cm³/mol. The summed E-state index contributed by atoms with van der Waals surface area (Å²) >= 11 is 0. The monoisotopic (exact) mass is 383 g/mol. The highest BCUT2D eigenvalue weighted by atomic mass is 16.5. The summed E-state index contributed by atoms with van der Waals surface area (Å²) in [5, 5.41) is 27.8. The van der Waals surface area contributed by atoms with Crippen molar-refractivity contribution in [2.75, 3.05) is 6.61 Å². The van der Waals surface area contributed by atoms with E-state index in [2.05, 4.69) is 18.2 Å². The summed E-state index contributed by atoms with van der Waals surface area (Å²) < 4.78 is 1.95. The standard InChI is InChI=1S/C21H25N3O4/c25-14-17(26)13-24-19-9-6-16(8-11-21(27)23-28)12-18(19)22-20(24)10-7-15-4-2-1-3-5-15/h1-2,4,6,8-9,11-12,17,25-26,28H,3,5,7,10,13-14H2,(H,23,27)/b11-8+. The molecule has 0 saturated heterocycles. The van der Waals surface area contributed by atoms with Gasteiger partial charge in [0.1, 0.15) is 5.82 Å². The Labute approximate surface area is 163 Å². The van der Waals surface area contributed by atoms with E-state index in [0.717, 1.165) is 48.1 Å². The molecule has 7 heteroatoms. The molecule has 0 spiro atoms. The van der Waals surface area contributed by atoms with Crippen molar-refractivity contribution < 1.29 is 20.2 Å². The molecule has 3 rings (SSSR count). The van der Waals surface area contributed by atoms with Crippen LogP contribution in [0.25, 0.3) is 17.1 Å². The number of nitrogens with zero attached hydrogens (tertiary/aromatic N) is 2. The zero-order chi connectivity index (χ0) is 19.9. The first kappa shape index (κ1) is 20.0. The summed E-state index contributed by atoms with van der Waals surface area (Å²) in [5.41, 5.74) is 5.32. The summed E-state index contributed by atoms with van der Waals surface area (Å²) in [6, 6.07) is 5.57. The molecule has 0 aliphatic heterocycles. The Morgan fingerprint density at radius 2 is 2.21 bits per heavy atom. The molecule has 0 radical (unpaired) electrons. The molecular weight excluding hydrogens is 358 g/mol. The number of amides is 1. The summed E-state index contributed by atoms with van der Waals surface area (Å²) in [6.07, 6.45) is 12.1. The van der Waals surface area contributed by atoms with Crippen LogP contribution in [0.3, 0.4) is 0 Å². The van der Waals surface area contributed by atoms with Gasteiger partial charge >= 0.3 is 0 Å². The van der Waals surface area contributed by atoms with Crippen LogP contribution in [0.2, 0.25) is 0 Å². The molecule has 4 N–H and O–H groups in total. The van der Waals surface area contributed by atoms with Gasteiger partial charge in [0.05, 0.1) is 30.3 Å². The van der Waals surface area contributed by atoms with Crippen molar-refractivity contribution >= 4 is 23.0 Å². The molecule has 0 fully saturated rings. The van der Waals surface area contributed by atoms with E-state index in [1.165, 1.54) is 11.6 Å². The summed E-state index contributed by atoms with van der Waals surface area (Å²) in [5.74, 6) is 0.249. The number of rotatable bonds is 8. The Balaban J connectivity index is 1.89. The minimum atomic E-state index is -0.860. The van der Waals surface area contributed by atoms with Crippen LogP contribution in [-0.4, -0.2) is 43.6 Å². The zero-order valence-corrected chi connectivity index (χ0v) is 15.6. The number of hydroxylamine groups is 1. The van der Waals surface area contributed by atoms with Gasteiger partial charge in [-0.1, -0.05) is 29.9 Å². The summed E-state index contributed by atoms with van der Waals surface area (Å²) in [4.78, 5) is 15.9. The largest absolute Gasteiger partial charge is 0.394 e. The Morgan fingerprint density at radius 1 is 1.36 bits per heavy atom. The topological polar surface area (TPSA) is 108 Å². The van der Waals surface area contributed by atoms with E-state index in [9.17, 15) is 15.0 Å². The number of benzene rings is 1. The number of aromatic nitrogens is 2. The van der Waals surface area contributed by atoms with Crippen LogP contribution in [0.4, 0.5) is 0 Å². The second kappa shape index (κ2) is 9.45. The Bertz CT molecular complexity index is 927. The van der Waals surface area contributed by atoms with E-state index >= 15 is 0 Å². The van der Waals surface area contributed by atoms with Crippen molar-refractivity contribution in [2.45, 2.75) is 38.3 Å². The molecule has 28 heavy (non-hydrogen) atoms. The first-order valence-electron chi connectivity index (χ1n) is 9.35. The third kappa shape index (κ3) is 4.95. The van der Waals surface area contributed by atoms with Gasteiger partial charge in [-0.05, 0) is 43.0 Å². The van der Waals surface area contributed by atoms with Gasteiger partial charge in [-0.2, -0.15) is 0 Å². The number of nitrogens with one attached hydrogen (secondary N) is 1. The molecule has 1 aromatic carbocycles. The number of aryl methyl sites for hydroxylation is 1. The van der Waals surface area contributed by atoms with Crippen LogP contribution in [0.5, 0.6) is 0 Å². The van der Waals surface area contributed by atoms with E-state index in [1.54, 1.807) is 11.6 Å². The summed E-state index contributed by atoms with van der Waals surface area (Å²) in [6.45, 7) is -0.0461. The number of allylic oxidation sites excluding steroid dienone is 4. The van der Waals surface area contributed by atoms with Gasteiger partial charge in [0.25, 0.3) is 5.91 Å². The Morgan fingerprint density at radius 3 is 2.93 bits per heavy atom. The van der Waals surface area contributed by atoms with E-state index in [0.29, 0.717) is 0 Å². The van der Waals surface area contributed by atoms with E-state index in [4.69, 9.17) is 10.2 Å². The van der Waals surface area contributed by atoms with Gasteiger partial charge in [-0.25, -0.2) is 10.5 Å². The minimum absolute atomic E-state index is 0.267. The zero-order valence-electron chi connectivity index (χ0n) is 15.6.